The van der Waals surface area contributed by atoms with Gasteiger partial charge in [0.15, 0.2) is 0 Å². The van der Waals surface area contributed by atoms with Crippen LogP contribution in [0.25, 0.3) is 0 Å². The maximum absolute atomic E-state index is 10.6. The zero-order valence-electron chi connectivity index (χ0n) is 7.00. The van der Waals surface area contributed by atoms with Crippen molar-refractivity contribution < 1.29 is 14.3 Å². The van der Waals surface area contributed by atoms with E-state index in [1.165, 1.54) is 0 Å². The Labute approximate surface area is 66.7 Å². The average Bonchev–Trinajstić information content (AvgIpc) is 2.26. The summed E-state index contributed by atoms with van der Waals surface area (Å²) in [5, 5.41) is 0. The first-order chi connectivity index (χ1) is 5.24. The molecule has 1 heterocycles. The normalized spacial score (nSPS) is 29.8. The molecule has 0 aromatic carbocycles. The first-order valence-electron chi connectivity index (χ1n) is 4.11. The summed E-state index contributed by atoms with van der Waals surface area (Å²) in [7, 11) is 0. The van der Waals surface area contributed by atoms with Crippen LogP contribution in [0.4, 0.5) is 4.79 Å². The highest BCUT2D eigenvalue weighted by atomic mass is 16.8. The van der Waals surface area contributed by atoms with Gasteiger partial charge in [-0.2, -0.15) is 0 Å². The molecule has 0 saturated carbocycles. The van der Waals surface area contributed by atoms with Crippen molar-refractivity contribution in [1.82, 2.24) is 0 Å². The highest BCUT2D eigenvalue weighted by Gasteiger charge is 2.31. The molecule has 1 aliphatic heterocycles. The van der Waals surface area contributed by atoms with Gasteiger partial charge in [-0.15, -0.1) is 0 Å². The van der Waals surface area contributed by atoms with Crippen LogP contribution in [0.2, 0.25) is 0 Å². The molecule has 1 rings (SSSR count). The maximum Gasteiger partial charge on any atom is 0.509 e. The van der Waals surface area contributed by atoms with Crippen LogP contribution in [0.15, 0.2) is 0 Å². The fourth-order valence-corrected chi connectivity index (χ4v) is 1.17. The molecule has 0 aromatic heterocycles. The van der Waals surface area contributed by atoms with Gasteiger partial charge in [0.2, 0.25) is 0 Å². The molecule has 2 atom stereocenters. The molecule has 0 bridgehead atoms. The van der Waals surface area contributed by atoms with Gasteiger partial charge in [-0.3, -0.25) is 0 Å². The van der Waals surface area contributed by atoms with Crippen molar-refractivity contribution in [1.29, 1.82) is 0 Å². The zero-order valence-corrected chi connectivity index (χ0v) is 7.00. The zero-order chi connectivity index (χ0) is 8.27. The second-order valence-electron chi connectivity index (χ2n) is 2.87. The molecule has 0 N–H and O–H groups in total. The molecule has 11 heavy (non-hydrogen) atoms. The highest BCUT2D eigenvalue weighted by Crippen LogP contribution is 2.19. The van der Waals surface area contributed by atoms with Crippen LogP contribution in [0.3, 0.4) is 0 Å². The summed E-state index contributed by atoms with van der Waals surface area (Å²) in [5.74, 6) is 0. The van der Waals surface area contributed by atoms with Crippen molar-refractivity contribution >= 4 is 6.16 Å². The summed E-state index contributed by atoms with van der Waals surface area (Å²) in [4.78, 5) is 10.6. The summed E-state index contributed by atoms with van der Waals surface area (Å²) < 4.78 is 9.72. The summed E-state index contributed by atoms with van der Waals surface area (Å²) in [5.41, 5.74) is 0. The summed E-state index contributed by atoms with van der Waals surface area (Å²) in [6.07, 6.45) is 2.55. The van der Waals surface area contributed by atoms with Crippen molar-refractivity contribution in [3.8, 4) is 0 Å². The number of hydrogen-bond acceptors (Lipinski definition) is 3. The Hall–Kier alpha value is -0.730. The first-order valence-corrected chi connectivity index (χ1v) is 4.11. The Balaban J connectivity index is 2.28. The van der Waals surface area contributed by atoms with Crippen LogP contribution < -0.4 is 0 Å². The highest BCUT2D eigenvalue weighted by molar-refractivity contribution is 5.62. The molecule has 0 radical (unpaired) electrons. The fraction of sp³-hybridized carbons (Fsp3) is 0.875. The van der Waals surface area contributed by atoms with Crippen molar-refractivity contribution in [3.05, 3.63) is 0 Å². The van der Waals surface area contributed by atoms with Crippen molar-refractivity contribution in [2.45, 2.75) is 45.3 Å². The predicted octanol–water partition coefficient (Wildman–Crippen LogP) is 2.10. The second kappa shape index (κ2) is 3.60. The Kier molecular flexibility index (Phi) is 2.74. The van der Waals surface area contributed by atoms with E-state index in [1.54, 1.807) is 0 Å². The van der Waals surface area contributed by atoms with Gasteiger partial charge in [-0.05, 0) is 19.8 Å². The van der Waals surface area contributed by atoms with Crippen LogP contribution in [0.1, 0.15) is 33.1 Å². The van der Waals surface area contributed by atoms with Gasteiger partial charge in [-0.25, -0.2) is 4.79 Å². The Morgan fingerprint density at radius 2 is 2.18 bits per heavy atom. The Bertz CT molecular complexity index is 144. The molecule has 1 saturated heterocycles. The summed E-state index contributed by atoms with van der Waals surface area (Å²) >= 11 is 0. The number of hydrogen-bond donors (Lipinski definition) is 0. The standard InChI is InChI=1S/C8H14O3/c1-3-4-5-7-6(2)10-8(9)11-7/h6-7H,3-5H2,1-2H3. The van der Waals surface area contributed by atoms with Gasteiger partial charge in [0.25, 0.3) is 0 Å². The van der Waals surface area contributed by atoms with E-state index in [-0.39, 0.29) is 12.2 Å². The Morgan fingerprint density at radius 3 is 2.64 bits per heavy atom. The molecule has 3 nitrogen and oxygen atoms in total. The molecule has 0 amide bonds. The molecular weight excluding hydrogens is 144 g/mol. The van der Waals surface area contributed by atoms with Gasteiger partial charge in [0.05, 0.1) is 0 Å². The van der Waals surface area contributed by atoms with Gasteiger partial charge >= 0.3 is 6.16 Å². The lowest BCUT2D eigenvalue weighted by Crippen LogP contribution is -2.18. The molecule has 1 fully saturated rings. The average molecular weight is 158 g/mol. The van der Waals surface area contributed by atoms with E-state index >= 15 is 0 Å². The maximum atomic E-state index is 10.6. The van der Waals surface area contributed by atoms with Crippen LogP contribution in [-0.4, -0.2) is 18.4 Å². The van der Waals surface area contributed by atoms with Gasteiger partial charge in [0.1, 0.15) is 12.2 Å². The quantitative estimate of drug-likeness (QED) is 0.590. The third-order valence-electron chi connectivity index (χ3n) is 1.90. The number of rotatable bonds is 3. The van der Waals surface area contributed by atoms with E-state index in [2.05, 4.69) is 6.92 Å². The number of unbranched alkanes of at least 4 members (excludes halogenated alkanes) is 1. The molecule has 64 valence electrons. The molecule has 2 unspecified atom stereocenters. The van der Waals surface area contributed by atoms with Crippen molar-refractivity contribution in [3.63, 3.8) is 0 Å². The van der Waals surface area contributed by atoms with Crippen LogP contribution in [-0.2, 0) is 9.47 Å². The largest absolute Gasteiger partial charge is 0.509 e. The van der Waals surface area contributed by atoms with E-state index in [9.17, 15) is 4.79 Å². The van der Waals surface area contributed by atoms with E-state index in [0.717, 1.165) is 19.3 Å². The van der Waals surface area contributed by atoms with Crippen LogP contribution >= 0.6 is 0 Å². The van der Waals surface area contributed by atoms with E-state index in [0.29, 0.717) is 0 Å². The predicted molar refractivity (Wildman–Crippen MR) is 40.3 cm³/mol. The van der Waals surface area contributed by atoms with Crippen molar-refractivity contribution in [2.24, 2.45) is 0 Å². The van der Waals surface area contributed by atoms with Crippen molar-refractivity contribution in [2.75, 3.05) is 0 Å². The molecule has 0 aliphatic carbocycles. The fourth-order valence-electron chi connectivity index (χ4n) is 1.17. The number of ether oxygens (including phenoxy) is 2. The smallest absolute Gasteiger partial charge is 0.427 e. The lowest BCUT2D eigenvalue weighted by molar-refractivity contribution is 0.115. The third kappa shape index (κ3) is 2.10. The van der Waals surface area contributed by atoms with Crippen LogP contribution in [0.5, 0.6) is 0 Å². The van der Waals surface area contributed by atoms with E-state index in [1.807, 2.05) is 6.92 Å². The minimum atomic E-state index is -0.515. The van der Waals surface area contributed by atoms with Crippen LogP contribution in [0, 0.1) is 0 Å². The molecule has 0 aromatic rings. The number of carbonyl (C=O) groups is 1. The summed E-state index contributed by atoms with van der Waals surface area (Å²) in [6.45, 7) is 3.98. The topological polar surface area (TPSA) is 35.5 Å². The molecule has 1 aliphatic rings. The number of cyclic esters (lactones) is 2. The van der Waals surface area contributed by atoms with E-state index < -0.39 is 6.16 Å². The SMILES string of the molecule is CCCCC1OC(=O)OC1C. The van der Waals surface area contributed by atoms with Gasteiger partial charge in [-0.1, -0.05) is 13.3 Å². The van der Waals surface area contributed by atoms with E-state index in [4.69, 9.17) is 9.47 Å². The van der Waals surface area contributed by atoms with Gasteiger partial charge in [0, 0.05) is 0 Å². The lowest BCUT2D eigenvalue weighted by Gasteiger charge is -2.08. The second-order valence-corrected chi connectivity index (χ2v) is 2.87. The Morgan fingerprint density at radius 1 is 1.45 bits per heavy atom. The van der Waals surface area contributed by atoms with Gasteiger partial charge < -0.3 is 9.47 Å². The molecule has 3 heteroatoms. The lowest BCUT2D eigenvalue weighted by atomic mass is 10.1. The monoisotopic (exact) mass is 158 g/mol. The minimum Gasteiger partial charge on any atom is -0.427 e. The number of carbonyl (C=O) groups excluding carboxylic acids is 1. The minimum absolute atomic E-state index is 0.0116. The first kappa shape index (κ1) is 8.37. The molecular formula is C8H14O3. The summed E-state index contributed by atoms with van der Waals surface area (Å²) in [6, 6.07) is 0. The molecule has 0 spiro atoms. The third-order valence-corrected chi connectivity index (χ3v) is 1.90.